The van der Waals surface area contributed by atoms with Crippen LogP contribution >= 0.6 is 11.8 Å². The van der Waals surface area contributed by atoms with Crippen molar-refractivity contribution in [2.24, 2.45) is 0 Å². The van der Waals surface area contributed by atoms with E-state index >= 15 is 0 Å². The minimum Gasteiger partial charge on any atom is -0.481 e. The first-order valence-electron chi connectivity index (χ1n) is 12.6. The number of carboxylic acids is 1. The summed E-state index contributed by atoms with van der Waals surface area (Å²) >= 11 is 1.90. The van der Waals surface area contributed by atoms with Crippen molar-refractivity contribution < 1.29 is 43.2 Å². The Morgan fingerprint density at radius 1 is 0.833 bits per heavy atom. The molecule has 2 aliphatic rings. The van der Waals surface area contributed by atoms with Crippen molar-refractivity contribution in [2.45, 2.75) is 49.4 Å². The van der Waals surface area contributed by atoms with E-state index in [-0.39, 0.29) is 37.0 Å². The number of nitrogens with one attached hydrogen (secondary N) is 3. The van der Waals surface area contributed by atoms with E-state index in [1.807, 2.05) is 11.8 Å². The number of aliphatic carboxylic acids is 1. The largest absolute Gasteiger partial charge is 0.481 e. The fraction of sp³-hybridized carbons (Fsp3) is 0.870. The van der Waals surface area contributed by atoms with Gasteiger partial charge in [-0.05, 0) is 12.8 Å². The van der Waals surface area contributed by atoms with Crippen molar-refractivity contribution in [3.8, 4) is 0 Å². The summed E-state index contributed by atoms with van der Waals surface area (Å²) in [7, 11) is 0. The molecule has 0 saturated carbocycles. The van der Waals surface area contributed by atoms with Gasteiger partial charge in [-0.2, -0.15) is 11.8 Å². The summed E-state index contributed by atoms with van der Waals surface area (Å²) in [4.78, 5) is 33.6. The van der Waals surface area contributed by atoms with Gasteiger partial charge in [0.2, 0.25) is 5.91 Å². The standard InChI is InChI=1S/C23H41N3O9S/c27-20(4-2-1-3-19-22-18(17-36-19)25-23(30)26-22)24-6-8-32-10-12-34-14-16-35-15-13-33-11-9-31-7-5-21(28)29/h18-19,22H,1-17H2,(H,24,27)(H,28,29)(H2,25,26,30)/t18-,19-,22-/m0/s1. The van der Waals surface area contributed by atoms with Gasteiger partial charge in [-0.3, -0.25) is 9.59 Å². The summed E-state index contributed by atoms with van der Waals surface area (Å²) in [5.41, 5.74) is 0. The second-order valence-electron chi connectivity index (χ2n) is 8.42. The maximum atomic E-state index is 11.9. The molecule has 0 radical (unpaired) electrons. The molecule has 36 heavy (non-hydrogen) atoms. The monoisotopic (exact) mass is 535 g/mol. The Morgan fingerprint density at radius 3 is 2.03 bits per heavy atom. The van der Waals surface area contributed by atoms with Crippen LogP contribution in [0.2, 0.25) is 0 Å². The Morgan fingerprint density at radius 2 is 1.42 bits per heavy atom. The SMILES string of the molecule is O=C(O)CCOCCOCCOCCOCCOCCNC(=O)CCCC[C@@H]1SC[C@@H]2NC(=O)N[C@@H]21. The van der Waals surface area contributed by atoms with Gasteiger partial charge in [-0.1, -0.05) is 6.42 Å². The average Bonchev–Trinajstić information content (AvgIpc) is 3.40. The van der Waals surface area contributed by atoms with Gasteiger partial charge in [0.05, 0.1) is 84.6 Å². The number of ether oxygens (including phenoxy) is 5. The van der Waals surface area contributed by atoms with E-state index in [0.29, 0.717) is 77.7 Å². The highest BCUT2D eigenvalue weighted by atomic mass is 32.2. The summed E-state index contributed by atoms with van der Waals surface area (Å²) in [6.45, 7) is 4.59. The van der Waals surface area contributed by atoms with E-state index < -0.39 is 5.97 Å². The van der Waals surface area contributed by atoms with Crippen molar-refractivity contribution >= 4 is 29.7 Å². The van der Waals surface area contributed by atoms with Gasteiger partial charge in [0.15, 0.2) is 0 Å². The third-order valence-corrected chi connectivity index (χ3v) is 7.11. The molecule has 0 aromatic rings. The van der Waals surface area contributed by atoms with Crippen LogP contribution < -0.4 is 16.0 Å². The maximum absolute atomic E-state index is 11.9. The lowest BCUT2D eigenvalue weighted by molar-refractivity contribution is -0.138. The first-order valence-corrected chi connectivity index (χ1v) is 13.7. The molecular formula is C23H41N3O9S. The van der Waals surface area contributed by atoms with Crippen LogP contribution in [0.5, 0.6) is 0 Å². The Bertz CT molecular complexity index is 644. The van der Waals surface area contributed by atoms with Crippen LogP contribution in [0.4, 0.5) is 4.79 Å². The predicted octanol–water partition coefficient (Wildman–Crippen LogP) is 0.386. The van der Waals surface area contributed by atoms with Crippen LogP contribution in [0.25, 0.3) is 0 Å². The molecule has 13 heteroatoms. The van der Waals surface area contributed by atoms with Gasteiger partial charge in [0, 0.05) is 24.0 Å². The zero-order valence-corrected chi connectivity index (χ0v) is 21.7. The van der Waals surface area contributed by atoms with Gasteiger partial charge in [0.1, 0.15) is 0 Å². The van der Waals surface area contributed by atoms with Crippen LogP contribution in [0, 0.1) is 0 Å². The highest BCUT2D eigenvalue weighted by Crippen LogP contribution is 2.33. The van der Waals surface area contributed by atoms with E-state index in [2.05, 4.69) is 16.0 Å². The first kappa shape index (κ1) is 30.6. The molecule has 3 amide bonds. The van der Waals surface area contributed by atoms with Crippen molar-refractivity contribution in [2.75, 3.05) is 78.4 Å². The third kappa shape index (κ3) is 14.2. The van der Waals surface area contributed by atoms with Crippen LogP contribution in [-0.4, -0.2) is 119 Å². The minimum absolute atomic E-state index is 0.00515. The predicted molar refractivity (Wildman–Crippen MR) is 133 cm³/mol. The topological polar surface area (TPSA) is 154 Å². The fourth-order valence-electron chi connectivity index (χ4n) is 3.77. The van der Waals surface area contributed by atoms with Gasteiger partial charge in [-0.15, -0.1) is 0 Å². The Hall–Kier alpha value is -1.64. The maximum Gasteiger partial charge on any atom is 0.315 e. The number of hydrogen-bond acceptors (Lipinski definition) is 9. The molecule has 3 atom stereocenters. The molecule has 0 aromatic heterocycles. The van der Waals surface area contributed by atoms with E-state index in [9.17, 15) is 14.4 Å². The zero-order valence-electron chi connectivity index (χ0n) is 20.9. The quantitative estimate of drug-likeness (QED) is 0.107. The molecule has 2 aliphatic heterocycles. The summed E-state index contributed by atoms with van der Waals surface area (Å²) < 4.78 is 26.6. The highest BCUT2D eigenvalue weighted by Gasteiger charge is 2.42. The van der Waals surface area contributed by atoms with Crippen molar-refractivity contribution in [1.82, 2.24) is 16.0 Å². The van der Waals surface area contributed by atoms with Crippen molar-refractivity contribution in [3.63, 3.8) is 0 Å². The third-order valence-electron chi connectivity index (χ3n) is 5.60. The molecule has 2 saturated heterocycles. The van der Waals surface area contributed by atoms with Crippen molar-refractivity contribution in [3.05, 3.63) is 0 Å². The summed E-state index contributed by atoms with van der Waals surface area (Å²) in [5, 5.41) is 17.7. The van der Waals surface area contributed by atoms with E-state index in [4.69, 9.17) is 28.8 Å². The molecule has 4 N–H and O–H groups in total. The average molecular weight is 536 g/mol. The normalized spacial score (nSPS) is 20.7. The minimum atomic E-state index is -0.877. The number of carboxylic acid groups (broad SMARTS) is 1. The van der Waals surface area contributed by atoms with Crippen LogP contribution in [0.3, 0.4) is 0 Å². The highest BCUT2D eigenvalue weighted by molar-refractivity contribution is 8.00. The molecule has 0 bridgehead atoms. The molecule has 208 valence electrons. The van der Waals surface area contributed by atoms with Crippen LogP contribution in [0.15, 0.2) is 0 Å². The number of unbranched alkanes of at least 4 members (excludes halogenated alkanes) is 1. The summed E-state index contributed by atoms with van der Waals surface area (Å²) in [6, 6.07) is 0.407. The van der Waals surface area contributed by atoms with Gasteiger partial charge < -0.3 is 44.7 Å². The number of amides is 3. The lowest BCUT2D eigenvalue weighted by Crippen LogP contribution is -2.36. The smallest absolute Gasteiger partial charge is 0.315 e. The first-order chi connectivity index (χ1) is 17.6. The molecule has 12 nitrogen and oxygen atoms in total. The Balaban J connectivity index is 1.24. The zero-order chi connectivity index (χ0) is 25.8. The Kier molecular flexibility index (Phi) is 16.5. The molecule has 2 heterocycles. The van der Waals surface area contributed by atoms with Gasteiger partial charge in [0.25, 0.3) is 0 Å². The molecule has 0 aromatic carbocycles. The Labute approximate surface area is 216 Å². The number of hydrogen-bond donors (Lipinski definition) is 4. The van der Waals surface area contributed by atoms with E-state index in [0.717, 1.165) is 25.0 Å². The van der Waals surface area contributed by atoms with Crippen molar-refractivity contribution in [1.29, 1.82) is 0 Å². The van der Waals surface area contributed by atoms with E-state index in [1.165, 1.54) is 0 Å². The molecule has 2 fully saturated rings. The van der Waals surface area contributed by atoms with Gasteiger partial charge in [-0.25, -0.2) is 4.79 Å². The lowest BCUT2D eigenvalue weighted by Gasteiger charge is -2.16. The molecule has 2 rings (SSSR count). The second-order valence-corrected chi connectivity index (χ2v) is 9.70. The molecule has 0 aliphatic carbocycles. The number of fused-ring (bicyclic) bond motifs is 1. The summed E-state index contributed by atoms with van der Waals surface area (Å²) in [6.07, 6.45) is 3.32. The second kappa shape index (κ2) is 19.5. The molecule has 0 spiro atoms. The number of rotatable bonds is 23. The lowest BCUT2D eigenvalue weighted by atomic mass is 10.0. The van der Waals surface area contributed by atoms with Crippen LogP contribution in [-0.2, 0) is 33.3 Å². The number of carbonyl (C=O) groups excluding carboxylic acids is 2. The molecule has 0 unspecified atom stereocenters. The van der Waals surface area contributed by atoms with Crippen LogP contribution in [0.1, 0.15) is 32.1 Å². The fourth-order valence-corrected chi connectivity index (χ4v) is 5.31. The number of thioether (sulfide) groups is 1. The van der Waals surface area contributed by atoms with Gasteiger partial charge >= 0.3 is 12.0 Å². The van der Waals surface area contributed by atoms with E-state index in [1.54, 1.807) is 0 Å². The number of carbonyl (C=O) groups is 3. The molecular weight excluding hydrogens is 494 g/mol. The summed E-state index contributed by atoms with van der Waals surface area (Å²) in [5.74, 6) is 0.118. The number of urea groups is 1.